The summed E-state index contributed by atoms with van der Waals surface area (Å²) in [6.07, 6.45) is 12.4. The number of rotatable bonds is 5. The fourth-order valence-electron chi connectivity index (χ4n) is 5.84. The van der Waals surface area contributed by atoms with Gasteiger partial charge in [-0.2, -0.15) is 0 Å². The Morgan fingerprint density at radius 3 is 2.54 bits per heavy atom. The van der Waals surface area contributed by atoms with Crippen LogP contribution in [0.15, 0.2) is 135 Å². The quantitative estimate of drug-likeness (QED) is 0.181. The third kappa shape index (κ3) is 4.93. The van der Waals surface area contributed by atoms with Crippen molar-refractivity contribution >= 4 is 39.0 Å². The zero-order valence-corrected chi connectivity index (χ0v) is 22.9. The first-order chi connectivity index (χ1) is 20.2. The van der Waals surface area contributed by atoms with E-state index in [2.05, 4.69) is 97.1 Å². The molecule has 4 nitrogen and oxygen atoms in total. The molecule has 0 saturated carbocycles. The first-order valence-corrected chi connectivity index (χ1v) is 14.3. The second-order valence-electron chi connectivity index (χ2n) is 10.6. The van der Waals surface area contributed by atoms with Crippen molar-refractivity contribution in [2.45, 2.75) is 32.2 Å². The van der Waals surface area contributed by atoms with Crippen LogP contribution in [0.1, 0.15) is 36.1 Å². The van der Waals surface area contributed by atoms with E-state index in [0.717, 1.165) is 70.2 Å². The van der Waals surface area contributed by atoms with Gasteiger partial charge in [0.15, 0.2) is 5.84 Å². The Kier molecular flexibility index (Phi) is 6.65. The summed E-state index contributed by atoms with van der Waals surface area (Å²) in [6.45, 7) is 0.547. The summed E-state index contributed by atoms with van der Waals surface area (Å²) in [6, 6.07) is 31.7. The monoisotopic (exact) mass is 533 g/mol. The molecule has 200 valence electrons. The fraction of sp³-hybridized carbons (Fsp3) is 0.135. The molecule has 2 aliphatic rings. The van der Waals surface area contributed by atoms with E-state index in [1.807, 2.05) is 18.2 Å². The highest BCUT2D eigenvalue weighted by Gasteiger charge is 2.24. The molecule has 2 N–H and O–H groups in total. The lowest BCUT2D eigenvalue weighted by Crippen LogP contribution is -2.19. The average molecular weight is 534 g/mol. The van der Waals surface area contributed by atoms with Gasteiger partial charge in [0.2, 0.25) is 0 Å². The molecule has 0 unspecified atom stereocenters. The molecule has 4 aromatic carbocycles. The number of hydrogen-bond acceptors (Lipinski definition) is 2. The van der Waals surface area contributed by atoms with E-state index >= 15 is 0 Å². The van der Waals surface area contributed by atoms with Crippen molar-refractivity contribution in [3.63, 3.8) is 0 Å². The van der Waals surface area contributed by atoms with Gasteiger partial charge in [-0.05, 0) is 58.9 Å². The predicted molar refractivity (Wildman–Crippen MR) is 171 cm³/mol. The van der Waals surface area contributed by atoms with Gasteiger partial charge >= 0.3 is 0 Å². The Labute approximate surface area is 239 Å². The molecule has 0 radical (unpaired) electrons. The lowest BCUT2D eigenvalue weighted by molar-refractivity contribution is 0.546. The van der Waals surface area contributed by atoms with E-state index in [1.54, 1.807) is 0 Å². The minimum atomic E-state index is 0.468. The van der Waals surface area contributed by atoms with E-state index in [0.29, 0.717) is 18.2 Å². The Bertz CT molecular complexity index is 1910. The van der Waals surface area contributed by atoms with Crippen molar-refractivity contribution < 1.29 is 4.42 Å². The first-order valence-electron chi connectivity index (χ1n) is 14.3. The number of nitrogens with two attached hydrogens (primary N) is 1. The number of allylic oxidation sites excluding steroid dienone is 3. The van der Waals surface area contributed by atoms with Gasteiger partial charge in [-0.25, -0.2) is 4.99 Å². The van der Waals surface area contributed by atoms with Gasteiger partial charge in [0.25, 0.3) is 0 Å². The minimum absolute atomic E-state index is 0.468. The van der Waals surface area contributed by atoms with Gasteiger partial charge in [0, 0.05) is 28.5 Å². The summed E-state index contributed by atoms with van der Waals surface area (Å²) in [7, 11) is 0. The van der Waals surface area contributed by atoms with Crippen molar-refractivity contribution in [1.82, 2.24) is 0 Å². The Morgan fingerprint density at radius 2 is 1.66 bits per heavy atom. The van der Waals surface area contributed by atoms with Crippen LogP contribution >= 0.6 is 0 Å². The molecule has 1 aromatic heterocycles. The third-order valence-electron chi connectivity index (χ3n) is 7.86. The number of benzene rings is 4. The standard InChI is InChI=1S/C37H31N3O/c38-36(40-37(27-14-5-2-6-15-27)39-24-25-11-3-1-4-12-25)31-19-10-20-34-35(31)32-23-28(21-22-33(32)41-34)30-18-9-16-26-13-7-8-17-29(26)30/h1,3-5,7-9,11-19,21-23H,2,6,10,20,24H2,(H2,38,39,40). The van der Waals surface area contributed by atoms with Crippen LogP contribution in [0.4, 0.5) is 0 Å². The molecule has 0 spiro atoms. The molecular formula is C37H31N3O. The van der Waals surface area contributed by atoms with E-state index in [4.69, 9.17) is 20.1 Å². The number of aliphatic imine (C=N–C) groups is 2. The highest BCUT2D eigenvalue weighted by molar-refractivity contribution is 6.29. The van der Waals surface area contributed by atoms with Crippen molar-refractivity contribution in [1.29, 1.82) is 0 Å². The average Bonchev–Trinajstić information content (AvgIpc) is 3.42. The van der Waals surface area contributed by atoms with Crippen LogP contribution in [0.2, 0.25) is 0 Å². The molecule has 7 rings (SSSR count). The number of nitrogens with zero attached hydrogens (tertiary/aromatic N) is 2. The lowest BCUT2D eigenvalue weighted by Gasteiger charge is -2.15. The summed E-state index contributed by atoms with van der Waals surface area (Å²) in [5.41, 5.74) is 14.2. The smallest absolute Gasteiger partial charge is 0.156 e. The number of furan rings is 1. The van der Waals surface area contributed by atoms with Crippen LogP contribution in [0, 0.1) is 0 Å². The van der Waals surface area contributed by atoms with E-state index < -0.39 is 0 Å². The van der Waals surface area contributed by atoms with Crippen LogP contribution < -0.4 is 5.73 Å². The summed E-state index contributed by atoms with van der Waals surface area (Å²) < 4.78 is 6.37. The number of hydrogen-bond donors (Lipinski definition) is 1. The highest BCUT2D eigenvalue weighted by Crippen LogP contribution is 2.39. The predicted octanol–water partition coefficient (Wildman–Crippen LogP) is 8.81. The van der Waals surface area contributed by atoms with Crippen LogP contribution in [-0.2, 0) is 13.0 Å². The van der Waals surface area contributed by atoms with E-state index in [1.165, 1.54) is 16.3 Å². The topological polar surface area (TPSA) is 63.9 Å². The largest absolute Gasteiger partial charge is 0.460 e. The van der Waals surface area contributed by atoms with Gasteiger partial charge in [0.05, 0.1) is 6.54 Å². The van der Waals surface area contributed by atoms with Crippen molar-refractivity contribution in [3.8, 4) is 11.1 Å². The van der Waals surface area contributed by atoms with Crippen molar-refractivity contribution in [2.75, 3.05) is 0 Å². The van der Waals surface area contributed by atoms with Gasteiger partial charge < -0.3 is 10.2 Å². The number of amidine groups is 2. The third-order valence-corrected chi connectivity index (χ3v) is 7.86. The molecule has 0 bridgehead atoms. The number of fused-ring (bicyclic) bond motifs is 4. The molecule has 0 fully saturated rings. The summed E-state index contributed by atoms with van der Waals surface area (Å²) in [4.78, 5) is 9.88. The van der Waals surface area contributed by atoms with Gasteiger partial charge in [-0.15, -0.1) is 0 Å². The molecular weight excluding hydrogens is 502 g/mol. The van der Waals surface area contributed by atoms with E-state index in [9.17, 15) is 0 Å². The number of aryl methyl sites for hydroxylation is 1. The maximum Gasteiger partial charge on any atom is 0.156 e. The first kappa shape index (κ1) is 25.0. The normalized spacial score (nSPS) is 15.6. The molecule has 0 amide bonds. The zero-order chi connectivity index (χ0) is 27.6. The minimum Gasteiger partial charge on any atom is -0.460 e. The Balaban J connectivity index is 1.31. The van der Waals surface area contributed by atoms with Crippen molar-refractivity contribution in [3.05, 3.63) is 138 Å². The molecule has 0 aliphatic heterocycles. The second kappa shape index (κ2) is 10.9. The van der Waals surface area contributed by atoms with Crippen LogP contribution in [0.5, 0.6) is 0 Å². The SMILES string of the molecule is NC(=NC(=NCc1ccccc1)C1=CCCC=C1)C1=CCCc2oc3ccc(-c4cccc5ccccc45)cc3c21. The zero-order valence-electron chi connectivity index (χ0n) is 22.9. The Morgan fingerprint density at radius 1 is 0.805 bits per heavy atom. The molecule has 5 aromatic rings. The Hall–Kier alpha value is -4.96. The summed E-state index contributed by atoms with van der Waals surface area (Å²) in [5.74, 6) is 2.10. The van der Waals surface area contributed by atoms with Crippen LogP contribution in [0.25, 0.3) is 38.4 Å². The molecule has 1 heterocycles. The summed E-state index contributed by atoms with van der Waals surface area (Å²) in [5, 5.41) is 3.52. The highest BCUT2D eigenvalue weighted by atomic mass is 16.3. The molecule has 41 heavy (non-hydrogen) atoms. The lowest BCUT2D eigenvalue weighted by atomic mass is 9.91. The maximum atomic E-state index is 6.82. The maximum absolute atomic E-state index is 6.82. The molecule has 2 aliphatic carbocycles. The van der Waals surface area contributed by atoms with E-state index in [-0.39, 0.29) is 0 Å². The van der Waals surface area contributed by atoms with Crippen molar-refractivity contribution in [2.24, 2.45) is 15.7 Å². The molecule has 4 heteroatoms. The van der Waals surface area contributed by atoms with Crippen LogP contribution in [0.3, 0.4) is 0 Å². The summed E-state index contributed by atoms with van der Waals surface area (Å²) >= 11 is 0. The van der Waals surface area contributed by atoms with Gasteiger partial charge in [0.1, 0.15) is 17.2 Å². The van der Waals surface area contributed by atoms with Crippen LogP contribution in [-0.4, -0.2) is 11.7 Å². The molecule has 0 saturated heterocycles. The fourth-order valence-corrected chi connectivity index (χ4v) is 5.84. The van der Waals surface area contributed by atoms with Gasteiger partial charge in [-0.3, -0.25) is 4.99 Å². The second-order valence-corrected chi connectivity index (χ2v) is 10.6. The molecule has 0 atom stereocenters. The van der Waals surface area contributed by atoms with Gasteiger partial charge in [-0.1, -0.05) is 103 Å².